The fourth-order valence-electron chi connectivity index (χ4n) is 3.29. The van der Waals surface area contributed by atoms with Gasteiger partial charge in [-0.3, -0.25) is 9.69 Å². The number of aromatic nitrogens is 1. The smallest absolute Gasteiger partial charge is 0.251 e. The van der Waals surface area contributed by atoms with Gasteiger partial charge < -0.3 is 11.5 Å². The molecule has 7 heteroatoms. The van der Waals surface area contributed by atoms with E-state index in [9.17, 15) is 4.79 Å². The van der Waals surface area contributed by atoms with E-state index in [4.69, 9.17) is 11.5 Å². The van der Waals surface area contributed by atoms with E-state index >= 15 is 0 Å². The largest absolute Gasteiger partial charge is 0.383 e. The molecule has 0 spiro atoms. The summed E-state index contributed by atoms with van der Waals surface area (Å²) in [5.41, 5.74) is 13.1. The van der Waals surface area contributed by atoms with Crippen molar-refractivity contribution in [2.24, 2.45) is 5.73 Å². The highest BCUT2D eigenvalue weighted by molar-refractivity contribution is 7.23. The number of thiophene rings is 2. The Hall–Kier alpha value is -1.96. The fraction of sp³-hybridized carbons (Fsp3) is 0.333. The molecule has 0 unspecified atom stereocenters. The third kappa shape index (κ3) is 3.27. The van der Waals surface area contributed by atoms with Crippen molar-refractivity contribution in [3.63, 3.8) is 0 Å². The zero-order valence-corrected chi connectivity index (χ0v) is 15.5. The molecule has 130 valence electrons. The zero-order valence-electron chi connectivity index (χ0n) is 13.8. The number of piperidine rings is 1. The highest BCUT2D eigenvalue weighted by atomic mass is 32.1. The second kappa shape index (κ2) is 6.74. The summed E-state index contributed by atoms with van der Waals surface area (Å²) in [5.74, 6) is -0.0340. The third-order valence-corrected chi connectivity index (χ3v) is 6.76. The van der Waals surface area contributed by atoms with Gasteiger partial charge in [0.05, 0.1) is 10.3 Å². The number of hydrogen-bond donors (Lipinski definition) is 2. The molecule has 5 nitrogen and oxygen atoms in total. The van der Waals surface area contributed by atoms with Crippen LogP contribution in [0.25, 0.3) is 20.5 Å². The summed E-state index contributed by atoms with van der Waals surface area (Å²) in [6.45, 7) is 3.41. The van der Waals surface area contributed by atoms with E-state index < -0.39 is 5.91 Å². The first-order valence-corrected chi connectivity index (χ1v) is 10.1. The van der Waals surface area contributed by atoms with E-state index in [1.807, 2.05) is 6.07 Å². The van der Waals surface area contributed by atoms with Gasteiger partial charge in [0.1, 0.15) is 5.82 Å². The zero-order chi connectivity index (χ0) is 17.4. The van der Waals surface area contributed by atoms with Crippen molar-refractivity contribution >= 4 is 44.5 Å². The molecule has 0 bridgehead atoms. The van der Waals surface area contributed by atoms with Crippen LogP contribution in [0.5, 0.6) is 0 Å². The van der Waals surface area contributed by atoms with Crippen molar-refractivity contribution in [1.82, 2.24) is 9.88 Å². The lowest BCUT2D eigenvalue weighted by Crippen LogP contribution is -2.28. The van der Waals surface area contributed by atoms with Gasteiger partial charge in [0.2, 0.25) is 0 Å². The van der Waals surface area contributed by atoms with Crippen LogP contribution in [0, 0.1) is 0 Å². The standard InChI is InChI=1S/C18H20N4OS2/c19-17-13-7-15(25-16(13)14(8-21-17)18(20)23)11-6-12(24-10-11)9-22-4-2-1-3-5-22/h6-8,10H,1-5,9H2,(H2,19,21)(H2,20,23). The number of carbonyl (C=O) groups is 1. The van der Waals surface area contributed by atoms with Gasteiger partial charge in [-0.1, -0.05) is 6.42 Å². The molecule has 4 N–H and O–H groups in total. The lowest BCUT2D eigenvalue weighted by molar-refractivity contribution is 0.100. The molecular formula is C18H20N4OS2. The number of hydrogen-bond acceptors (Lipinski definition) is 6. The van der Waals surface area contributed by atoms with Crippen LogP contribution < -0.4 is 11.5 Å². The maximum atomic E-state index is 11.6. The number of primary amides is 1. The summed E-state index contributed by atoms with van der Waals surface area (Å²) in [7, 11) is 0. The van der Waals surface area contributed by atoms with Crippen LogP contribution in [-0.4, -0.2) is 28.9 Å². The first-order valence-electron chi connectivity index (χ1n) is 8.40. The van der Waals surface area contributed by atoms with Crippen LogP contribution in [0.2, 0.25) is 0 Å². The molecule has 1 amide bonds. The van der Waals surface area contributed by atoms with Crippen LogP contribution >= 0.6 is 22.7 Å². The van der Waals surface area contributed by atoms with Gasteiger partial charge >= 0.3 is 0 Å². The monoisotopic (exact) mass is 372 g/mol. The molecule has 3 aromatic heterocycles. The summed E-state index contributed by atoms with van der Waals surface area (Å²) >= 11 is 3.34. The number of fused-ring (bicyclic) bond motifs is 1. The average Bonchev–Trinajstić information content (AvgIpc) is 3.23. The molecule has 0 atom stereocenters. The van der Waals surface area contributed by atoms with Gasteiger partial charge in [0.25, 0.3) is 5.91 Å². The topological polar surface area (TPSA) is 85.2 Å². The quantitative estimate of drug-likeness (QED) is 0.731. The number of likely N-dealkylation sites (tertiary alicyclic amines) is 1. The Labute approximate surface area is 154 Å². The first-order chi connectivity index (χ1) is 12.1. The van der Waals surface area contributed by atoms with Gasteiger partial charge in [-0.05, 0) is 43.4 Å². The van der Waals surface area contributed by atoms with E-state index in [2.05, 4.69) is 21.3 Å². The maximum Gasteiger partial charge on any atom is 0.251 e. The highest BCUT2D eigenvalue weighted by Gasteiger charge is 2.16. The molecule has 4 rings (SSSR count). The van der Waals surface area contributed by atoms with Crippen molar-refractivity contribution in [2.45, 2.75) is 25.8 Å². The normalized spacial score (nSPS) is 15.7. The number of pyridine rings is 1. The average molecular weight is 373 g/mol. The van der Waals surface area contributed by atoms with Crippen molar-refractivity contribution in [2.75, 3.05) is 18.8 Å². The molecule has 0 aliphatic carbocycles. The molecule has 1 fully saturated rings. The van der Waals surface area contributed by atoms with Crippen molar-refractivity contribution in [3.05, 3.63) is 34.2 Å². The Balaban J connectivity index is 1.65. The van der Waals surface area contributed by atoms with Gasteiger partial charge in [0.15, 0.2) is 0 Å². The van der Waals surface area contributed by atoms with Gasteiger partial charge in [-0.25, -0.2) is 4.98 Å². The SMILES string of the molecule is NC(=O)c1cnc(N)c2cc(-c3csc(CN4CCCCC4)c3)sc12. The molecule has 4 heterocycles. The molecular weight excluding hydrogens is 352 g/mol. The number of nitrogens with zero attached hydrogens (tertiary/aromatic N) is 2. The lowest BCUT2D eigenvalue weighted by atomic mass is 10.1. The summed E-state index contributed by atoms with van der Waals surface area (Å²) in [4.78, 5) is 20.7. The second-order valence-electron chi connectivity index (χ2n) is 6.41. The highest BCUT2D eigenvalue weighted by Crippen LogP contribution is 2.39. The Morgan fingerprint density at radius 1 is 1.24 bits per heavy atom. The second-order valence-corrected chi connectivity index (χ2v) is 8.46. The van der Waals surface area contributed by atoms with Crippen LogP contribution in [-0.2, 0) is 6.54 Å². The number of carbonyl (C=O) groups excluding carboxylic acids is 1. The number of nitrogens with two attached hydrogens (primary N) is 2. The Morgan fingerprint density at radius 2 is 2.04 bits per heavy atom. The molecule has 25 heavy (non-hydrogen) atoms. The summed E-state index contributed by atoms with van der Waals surface area (Å²) in [6.07, 6.45) is 5.43. The summed E-state index contributed by atoms with van der Waals surface area (Å²) < 4.78 is 0.818. The van der Waals surface area contributed by atoms with Gasteiger partial charge in [-0.2, -0.15) is 0 Å². The summed E-state index contributed by atoms with van der Waals surface area (Å²) in [5, 5.41) is 2.98. The van der Waals surface area contributed by atoms with E-state index in [0.29, 0.717) is 11.4 Å². The van der Waals surface area contributed by atoms with E-state index in [-0.39, 0.29) is 0 Å². The van der Waals surface area contributed by atoms with E-state index in [1.54, 1.807) is 22.7 Å². The number of anilines is 1. The van der Waals surface area contributed by atoms with Crippen molar-refractivity contribution < 1.29 is 4.79 Å². The molecule has 0 radical (unpaired) electrons. The van der Waals surface area contributed by atoms with Crippen LogP contribution in [0.4, 0.5) is 5.82 Å². The Morgan fingerprint density at radius 3 is 2.80 bits per heavy atom. The predicted octanol–water partition coefficient (Wildman–Crippen LogP) is 3.69. The molecule has 0 aromatic carbocycles. The maximum absolute atomic E-state index is 11.6. The first kappa shape index (κ1) is 16.5. The molecule has 1 saturated heterocycles. The third-order valence-electron chi connectivity index (χ3n) is 4.62. The van der Waals surface area contributed by atoms with E-state index in [1.165, 1.54) is 49.0 Å². The van der Waals surface area contributed by atoms with Crippen LogP contribution in [0.15, 0.2) is 23.7 Å². The van der Waals surface area contributed by atoms with Crippen molar-refractivity contribution in [1.29, 1.82) is 0 Å². The predicted molar refractivity (Wildman–Crippen MR) is 105 cm³/mol. The number of rotatable bonds is 4. The van der Waals surface area contributed by atoms with Gasteiger partial charge in [0, 0.05) is 33.4 Å². The molecule has 3 aromatic rings. The van der Waals surface area contributed by atoms with Crippen molar-refractivity contribution in [3.8, 4) is 10.4 Å². The molecule has 1 aliphatic rings. The Bertz CT molecular complexity index is 924. The lowest BCUT2D eigenvalue weighted by Gasteiger charge is -2.25. The number of amides is 1. The minimum atomic E-state index is -0.470. The fourth-order valence-corrected chi connectivity index (χ4v) is 5.46. The van der Waals surface area contributed by atoms with Crippen LogP contribution in [0.3, 0.4) is 0 Å². The minimum Gasteiger partial charge on any atom is -0.383 e. The minimum absolute atomic E-state index is 0.434. The molecule has 0 saturated carbocycles. The van der Waals surface area contributed by atoms with Gasteiger partial charge in [-0.15, -0.1) is 22.7 Å². The van der Waals surface area contributed by atoms with E-state index in [0.717, 1.165) is 21.5 Å². The molecule has 1 aliphatic heterocycles. The van der Waals surface area contributed by atoms with Crippen LogP contribution in [0.1, 0.15) is 34.5 Å². The summed E-state index contributed by atoms with van der Waals surface area (Å²) in [6, 6.07) is 4.26. The Kier molecular flexibility index (Phi) is 4.45. The number of nitrogen functional groups attached to an aromatic ring is 1.